The molecular formula is C23H25NO2S. The van der Waals surface area contributed by atoms with Crippen LogP contribution in [0, 0.1) is 6.92 Å². The summed E-state index contributed by atoms with van der Waals surface area (Å²) in [7, 11) is 3.59. The van der Waals surface area contributed by atoms with Gasteiger partial charge in [-0.3, -0.25) is 0 Å². The lowest BCUT2D eigenvalue weighted by Crippen LogP contribution is -2.04. The highest BCUT2D eigenvalue weighted by Gasteiger charge is 2.10. The van der Waals surface area contributed by atoms with E-state index >= 15 is 0 Å². The van der Waals surface area contributed by atoms with Crippen LogP contribution >= 0.6 is 11.8 Å². The number of ether oxygens (including phenoxy) is 2. The van der Waals surface area contributed by atoms with E-state index in [1.807, 2.05) is 31.3 Å². The maximum atomic E-state index is 6.12. The Balaban J connectivity index is 1.81. The van der Waals surface area contributed by atoms with Crippen LogP contribution in [0.15, 0.2) is 65.6 Å². The summed E-state index contributed by atoms with van der Waals surface area (Å²) in [5, 5.41) is 3.20. The summed E-state index contributed by atoms with van der Waals surface area (Å²) in [6, 6.07) is 20.9. The Hall–Kier alpha value is -2.59. The van der Waals surface area contributed by atoms with Gasteiger partial charge >= 0.3 is 0 Å². The number of hydrogen-bond donors (Lipinski definition) is 1. The largest absolute Gasteiger partial charge is 0.496 e. The molecule has 3 aromatic rings. The fourth-order valence-corrected chi connectivity index (χ4v) is 3.54. The zero-order chi connectivity index (χ0) is 19.2. The van der Waals surface area contributed by atoms with Crippen molar-refractivity contribution in [1.82, 2.24) is 0 Å². The molecule has 0 saturated heterocycles. The number of hydrogen-bond acceptors (Lipinski definition) is 4. The van der Waals surface area contributed by atoms with E-state index in [4.69, 9.17) is 9.47 Å². The molecule has 1 N–H and O–H groups in total. The smallest absolute Gasteiger partial charge is 0.127 e. The number of anilines is 1. The van der Waals surface area contributed by atoms with Gasteiger partial charge in [-0.25, -0.2) is 0 Å². The minimum Gasteiger partial charge on any atom is -0.496 e. The average Bonchev–Trinajstić information content (AvgIpc) is 2.72. The van der Waals surface area contributed by atoms with Crippen molar-refractivity contribution in [1.29, 1.82) is 0 Å². The van der Waals surface area contributed by atoms with Crippen molar-refractivity contribution in [3.63, 3.8) is 0 Å². The van der Waals surface area contributed by atoms with Gasteiger partial charge in [0.05, 0.1) is 12.7 Å². The molecule has 0 saturated carbocycles. The fraction of sp³-hybridized carbons (Fsp3) is 0.217. The molecule has 3 nitrogen and oxygen atoms in total. The second-order valence-electron chi connectivity index (χ2n) is 6.24. The standard InChI is InChI=1S/C23H25NO2S/c1-16-13-18(17-7-5-8-19(14-17)27-4)11-12-22(16)26-15-20-21(24-2)9-6-10-23(20)25-3/h5-14,24H,15H2,1-4H3. The van der Waals surface area contributed by atoms with Gasteiger partial charge in [-0.05, 0) is 66.3 Å². The Morgan fingerprint density at radius 1 is 0.926 bits per heavy atom. The van der Waals surface area contributed by atoms with Crippen molar-refractivity contribution in [2.75, 3.05) is 25.7 Å². The topological polar surface area (TPSA) is 30.5 Å². The highest BCUT2D eigenvalue weighted by atomic mass is 32.2. The molecule has 0 amide bonds. The first kappa shape index (κ1) is 19.2. The van der Waals surface area contributed by atoms with Crippen LogP contribution in [0.1, 0.15) is 11.1 Å². The number of methoxy groups -OCH3 is 1. The minimum atomic E-state index is 0.447. The molecule has 0 atom stereocenters. The van der Waals surface area contributed by atoms with E-state index in [1.165, 1.54) is 16.0 Å². The summed E-state index contributed by atoms with van der Waals surface area (Å²) in [6.07, 6.45) is 2.10. The molecule has 4 heteroatoms. The van der Waals surface area contributed by atoms with E-state index in [1.54, 1.807) is 18.9 Å². The third-order valence-electron chi connectivity index (χ3n) is 4.57. The summed E-state index contributed by atoms with van der Waals surface area (Å²) < 4.78 is 11.6. The van der Waals surface area contributed by atoms with Crippen LogP contribution in [-0.2, 0) is 6.61 Å². The Kier molecular flexibility index (Phi) is 6.30. The highest BCUT2D eigenvalue weighted by molar-refractivity contribution is 7.98. The van der Waals surface area contributed by atoms with Crippen molar-refractivity contribution < 1.29 is 9.47 Å². The Morgan fingerprint density at radius 2 is 1.70 bits per heavy atom. The molecule has 0 fully saturated rings. The van der Waals surface area contributed by atoms with E-state index in [-0.39, 0.29) is 0 Å². The van der Waals surface area contributed by atoms with Crippen molar-refractivity contribution in [2.45, 2.75) is 18.4 Å². The Labute approximate surface area is 165 Å². The predicted molar refractivity (Wildman–Crippen MR) is 115 cm³/mol. The molecule has 0 aliphatic heterocycles. The van der Waals surface area contributed by atoms with Gasteiger partial charge in [0.15, 0.2) is 0 Å². The van der Waals surface area contributed by atoms with Gasteiger partial charge in [-0.15, -0.1) is 11.8 Å². The molecule has 0 bridgehead atoms. The summed E-state index contributed by atoms with van der Waals surface area (Å²) in [4.78, 5) is 1.27. The molecule has 0 aromatic heterocycles. The number of rotatable bonds is 7. The lowest BCUT2D eigenvalue weighted by molar-refractivity contribution is 0.295. The van der Waals surface area contributed by atoms with Crippen LogP contribution in [0.4, 0.5) is 5.69 Å². The maximum absolute atomic E-state index is 6.12. The molecule has 0 radical (unpaired) electrons. The van der Waals surface area contributed by atoms with Crippen LogP contribution in [0.2, 0.25) is 0 Å². The number of nitrogens with one attached hydrogen (secondary N) is 1. The first-order chi connectivity index (χ1) is 13.2. The normalized spacial score (nSPS) is 10.5. The van der Waals surface area contributed by atoms with Gasteiger partial charge in [-0.2, -0.15) is 0 Å². The Morgan fingerprint density at radius 3 is 2.41 bits per heavy atom. The van der Waals surface area contributed by atoms with Crippen LogP contribution in [0.5, 0.6) is 11.5 Å². The van der Waals surface area contributed by atoms with Gasteiger partial charge in [-0.1, -0.05) is 24.3 Å². The molecule has 0 unspecified atom stereocenters. The average molecular weight is 380 g/mol. The molecule has 3 rings (SSSR count). The van der Waals surface area contributed by atoms with E-state index in [0.717, 1.165) is 28.3 Å². The van der Waals surface area contributed by atoms with Crippen molar-refractivity contribution >= 4 is 17.4 Å². The molecule has 0 spiro atoms. The highest BCUT2D eigenvalue weighted by Crippen LogP contribution is 2.31. The van der Waals surface area contributed by atoms with Crippen LogP contribution in [0.25, 0.3) is 11.1 Å². The van der Waals surface area contributed by atoms with Crippen LogP contribution < -0.4 is 14.8 Å². The summed E-state index contributed by atoms with van der Waals surface area (Å²) in [6.45, 7) is 2.53. The molecule has 3 aromatic carbocycles. The molecular weight excluding hydrogens is 354 g/mol. The predicted octanol–water partition coefficient (Wildman–Crippen LogP) is 6.01. The monoisotopic (exact) mass is 379 g/mol. The molecule has 140 valence electrons. The summed E-state index contributed by atoms with van der Waals surface area (Å²) in [5.41, 5.74) is 5.56. The molecule has 0 aliphatic rings. The fourth-order valence-electron chi connectivity index (χ4n) is 3.08. The van der Waals surface area contributed by atoms with Crippen molar-refractivity contribution in [3.05, 3.63) is 71.8 Å². The van der Waals surface area contributed by atoms with Crippen LogP contribution in [0.3, 0.4) is 0 Å². The third kappa shape index (κ3) is 4.40. The van der Waals surface area contributed by atoms with Crippen molar-refractivity contribution in [2.24, 2.45) is 0 Å². The lowest BCUT2D eigenvalue weighted by atomic mass is 10.0. The van der Waals surface area contributed by atoms with Crippen LogP contribution in [-0.4, -0.2) is 20.4 Å². The van der Waals surface area contributed by atoms with E-state index in [0.29, 0.717) is 6.61 Å². The summed E-state index contributed by atoms with van der Waals surface area (Å²) in [5.74, 6) is 1.71. The molecule has 0 aliphatic carbocycles. The Bertz CT molecular complexity index is 902. The second kappa shape index (κ2) is 8.87. The second-order valence-corrected chi connectivity index (χ2v) is 7.12. The van der Waals surface area contributed by atoms with E-state index in [2.05, 4.69) is 54.9 Å². The van der Waals surface area contributed by atoms with Gasteiger partial charge in [0.2, 0.25) is 0 Å². The molecule has 27 heavy (non-hydrogen) atoms. The van der Waals surface area contributed by atoms with Crippen molar-refractivity contribution in [3.8, 4) is 22.6 Å². The minimum absolute atomic E-state index is 0.447. The number of thioether (sulfide) groups is 1. The van der Waals surface area contributed by atoms with Gasteiger partial charge in [0.1, 0.15) is 18.1 Å². The quantitative estimate of drug-likeness (QED) is 0.509. The zero-order valence-electron chi connectivity index (χ0n) is 16.2. The van der Waals surface area contributed by atoms with Gasteiger partial charge in [0.25, 0.3) is 0 Å². The first-order valence-corrected chi connectivity index (χ1v) is 10.1. The molecule has 0 heterocycles. The van der Waals surface area contributed by atoms with E-state index < -0.39 is 0 Å². The SMILES string of the molecule is CNc1cccc(OC)c1COc1ccc(-c2cccc(SC)c2)cc1C. The third-order valence-corrected chi connectivity index (χ3v) is 5.30. The lowest BCUT2D eigenvalue weighted by Gasteiger charge is -2.16. The number of aryl methyl sites for hydroxylation is 1. The zero-order valence-corrected chi connectivity index (χ0v) is 17.0. The van der Waals surface area contributed by atoms with Gasteiger partial charge in [0, 0.05) is 17.6 Å². The van der Waals surface area contributed by atoms with E-state index in [9.17, 15) is 0 Å². The van der Waals surface area contributed by atoms with Gasteiger partial charge < -0.3 is 14.8 Å². The maximum Gasteiger partial charge on any atom is 0.127 e. The number of benzene rings is 3. The summed E-state index contributed by atoms with van der Waals surface area (Å²) >= 11 is 1.76. The first-order valence-electron chi connectivity index (χ1n) is 8.87.